The minimum atomic E-state index is -0.0918. The van der Waals surface area contributed by atoms with Gasteiger partial charge in [-0.2, -0.15) is 11.8 Å². The van der Waals surface area contributed by atoms with Crippen molar-refractivity contribution >= 4 is 11.8 Å². The number of aliphatic hydroxyl groups is 1. The first-order valence-corrected chi connectivity index (χ1v) is 14.1. The zero-order valence-electron chi connectivity index (χ0n) is 19.6. The summed E-state index contributed by atoms with van der Waals surface area (Å²) in [6.07, 6.45) is 15.4. The number of hydrogen-bond donors (Lipinski definition) is 2. The quantitative estimate of drug-likeness (QED) is 0.521. The van der Waals surface area contributed by atoms with E-state index in [4.69, 9.17) is 10.2 Å². The van der Waals surface area contributed by atoms with Gasteiger partial charge in [0.25, 0.3) is 0 Å². The first kappa shape index (κ1) is 22.3. The van der Waals surface area contributed by atoms with Gasteiger partial charge in [0.1, 0.15) is 0 Å². The summed E-state index contributed by atoms with van der Waals surface area (Å²) in [4.78, 5) is 0. The van der Waals surface area contributed by atoms with Crippen LogP contribution in [0.15, 0.2) is 23.0 Å². The fraction of sp³-hybridized carbons (Fsp3) is 0.852. The number of rotatable bonds is 6. The lowest BCUT2D eigenvalue weighted by Gasteiger charge is -2.62. The number of aliphatic hydroxyl groups excluding tert-OH is 1. The number of nitrogens with two attached hydrogens (primary N) is 1. The standard InChI is InChI=1S/C27H43NO2S/c1-26-10-8-24-21(23(26)7-6-22(26)18-9-12-30-16-18)5-4-20-14-25(29)19(15-27(20,24)2)17-31-13-3-11-28/h9,12,16,19-25,29H,3-8,10-11,13-15,17,28H2,1-2H3/t19?,20?,21-,22?,23-,24+,25?,26+,27-/m0/s1. The monoisotopic (exact) mass is 445 g/mol. The second-order valence-corrected chi connectivity index (χ2v) is 13.0. The largest absolute Gasteiger partial charge is 0.472 e. The maximum atomic E-state index is 11.0. The van der Waals surface area contributed by atoms with Gasteiger partial charge in [-0.1, -0.05) is 13.8 Å². The predicted octanol–water partition coefficient (Wildman–Crippen LogP) is 6.07. The van der Waals surface area contributed by atoms with Crippen molar-refractivity contribution in [2.75, 3.05) is 18.1 Å². The third-order valence-corrected chi connectivity index (χ3v) is 11.8. The molecule has 0 bridgehead atoms. The van der Waals surface area contributed by atoms with E-state index in [2.05, 4.69) is 19.9 Å². The van der Waals surface area contributed by atoms with Gasteiger partial charge in [-0.25, -0.2) is 0 Å². The lowest BCUT2D eigenvalue weighted by molar-refractivity contribution is -0.136. The van der Waals surface area contributed by atoms with Gasteiger partial charge in [-0.05, 0) is 134 Å². The molecule has 1 aromatic heterocycles. The van der Waals surface area contributed by atoms with Crippen LogP contribution in [-0.4, -0.2) is 29.3 Å². The molecule has 0 amide bonds. The van der Waals surface area contributed by atoms with Gasteiger partial charge in [-0.15, -0.1) is 0 Å². The van der Waals surface area contributed by atoms with Gasteiger partial charge in [0.15, 0.2) is 0 Å². The number of thioether (sulfide) groups is 1. The molecule has 4 aliphatic carbocycles. The fourth-order valence-electron chi connectivity index (χ4n) is 9.04. The molecule has 0 aromatic carbocycles. The van der Waals surface area contributed by atoms with E-state index in [0.717, 1.165) is 54.6 Å². The lowest BCUT2D eigenvalue weighted by atomic mass is 9.44. The highest BCUT2D eigenvalue weighted by Gasteiger charge is 2.61. The summed E-state index contributed by atoms with van der Waals surface area (Å²) >= 11 is 2.02. The zero-order chi connectivity index (χ0) is 21.6. The van der Waals surface area contributed by atoms with E-state index in [-0.39, 0.29) is 6.10 Å². The van der Waals surface area contributed by atoms with Gasteiger partial charge in [0.2, 0.25) is 0 Å². The van der Waals surface area contributed by atoms with Crippen molar-refractivity contribution in [3.63, 3.8) is 0 Å². The highest BCUT2D eigenvalue weighted by Crippen LogP contribution is 2.69. The van der Waals surface area contributed by atoms with E-state index in [1.54, 1.807) is 0 Å². The highest BCUT2D eigenvalue weighted by molar-refractivity contribution is 7.99. The maximum Gasteiger partial charge on any atom is 0.0937 e. The normalized spacial score (nSPS) is 46.9. The third-order valence-electron chi connectivity index (χ3n) is 10.6. The predicted molar refractivity (Wildman–Crippen MR) is 129 cm³/mol. The van der Waals surface area contributed by atoms with Crippen LogP contribution in [0, 0.1) is 40.4 Å². The molecular formula is C27H43NO2S. The van der Waals surface area contributed by atoms with E-state index in [0.29, 0.717) is 22.7 Å². The van der Waals surface area contributed by atoms with E-state index in [9.17, 15) is 5.11 Å². The van der Waals surface area contributed by atoms with Crippen LogP contribution in [0.25, 0.3) is 0 Å². The molecule has 31 heavy (non-hydrogen) atoms. The molecule has 4 aliphatic rings. The van der Waals surface area contributed by atoms with Crippen molar-refractivity contribution in [3.8, 4) is 0 Å². The van der Waals surface area contributed by atoms with E-state index in [1.165, 1.54) is 50.5 Å². The van der Waals surface area contributed by atoms with Crippen molar-refractivity contribution in [2.45, 2.75) is 83.7 Å². The number of fused-ring (bicyclic) bond motifs is 5. The van der Waals surface area contributed by atoms with Crippen LogP contribution in [0.5, 0.6) is 0 Å². The molecule has 9 atom stereocenters. The summed E-state index contributed by atoms with van der Waals surface area (Å²) in [5, 5.41) is 11.0. The highest BCUT2D eigenvalue weighted by atomic mass is 32.2. The lowest BCUT2D eigenvalue weighted by Crippen LogP contribution is -2.55. The van der Waals surface area contributed by atoms with E-state index >= 15 is 0 Å². The van der Waals surface area contributed by atoms with Crippen LogP contribution >= 0.6 is 11.8 Å². The third kappa shape index (κ3) is 3.73. The topological polar surface area (TPSA) is 59.4 Å². The average Bonchev–Trinajstić information content (AvgIpc) is 3.39. The first-order valence-electron chi connectivity index (χ1n) is 13.0. The smallest absolute Gasteiger partial charge is 0.0937 e. The molecule has 1 aromatic rings. The van der Waals surface area contributed by atoms with E-state index in [1.807, 2.05) is 24.3 Å². The van der Waals surface area contributed by atoms with Gasteiger partial charge >= 0.3 is 0 Å². The van der Waals surface area contributed by atoms with Crippen LogP contribution in [0.4, 0.5) is 0 Å². The molecule has 0 aliphatic heterocycles. The molecule has 3 N–H and O–H groups in total. The average molecular weight is 446 g/mol. The molecule has 0 saturated heterocycles. The Hall–Kier alpha value is -0.450. The Labute approximate surface area is 193 Å². The first-order chi connectivity index (χ1) is 15.0. The second-order valence-electron chi connectivity index (χ2n) is 11.9. The van der Waals surface area contributed by atoms with Crippen LogP contribution in [-0.2, 0) is 0 Å². The molecule has 4 saturated carbocycles. The van der Waals surface area contributed by atoms with Crippen molar-refractivity contribution in [2.24, 2.45) is 46.2 Å². The Morgan fingerprint density at radius 2 is 1.97 bits per heavy atom. The minimum absolute atomic E-state index is 0.0918. The van der Waals surface area contributed by atoms with Crippen molar-refractivity contribution < 1.29 is 9.52 Å². The molecule has 4 fully saturated rings. The second kappa shape index (κ2) is 8.72. The molecule has 1 heterocycles. The summed E-state index contributed by atoms with van der Waals surface area (Å²) in [5.41, 5.74) is 8.00. The van der Waals surface area contributed by atoms with Crippen LogP contribution in [0.1, 0.15) is 83.1 Å². The number of hydrogen-bond acceptors (Lipinski definition) is 4. The molecule has 4 unspecified atom stereocenters. The van der Waals surface area contributed by atoms with Crippen LogP contribution < -0.4 is 5.73 Å². The Balaban J connectivity index is 1.33. The van der Waals surface area contributed by atoms with Crippen molar-refractivity contribution in [1.29, 1.82) is 0 Å². The fourth-order valence-corrected chi connectivity index (χ4v) is 10.2. The Morgan fingerprint density at radius 3 is 2.74 bits per heavy atom. The maximum absolute atomic E-state index is 11.0. The summed E-state index contributed by atoms with van der Waals surface area (Å²) in [6.45, 7) is 6.02. The molecule has 174 valence electrons. The van der Waals surface area contributed by atoms with Crippen LogP contribution in [0.3, 0.4) is 0 Å². The van der Waals surface area contributed by atoms with E-state index < -0.39 is 0 Å². The van der Waals surface area contributed by atoms with Crippen molar-refractivity contribution in [3.05, 3.63) is 24.2 Å². The summed E-state index contributed by atoms with van der Waals surface area (Å²) in [5.74, 6) is 6.75. The van der Waals surface area contributed by atoms with Crippen LogP contribution in [0.2, 0.25) is 0 Å². The summed E-state index contributed by atoms with van der Waals surface area (Å²) in [6, 6.07) is 2.22. The van der Waals surface area contributed by atoms with Gasteiger partial charge in [0.05, 0.1) is 18.6 Å². The number of furan rings is 1. The Kier molecular flexibility index (Phi) is 6.29. The molecule has 0 spiro atoms. The Bertz CT molecular complexity index is 738. The minimum Gasteiger partial charge on any atom is -0.472 e. The molecule has 5 rings (SSSR count). The zero-order valence-corrected chi connectivity index (χ0v) is 20.4. The van der Waals surface area contributed by atoms with Crippen molar-refractivity contribution in [1.82, 2.24) is 0 Å². The molecule has 0 radical (unpaired) electrons. The molecular weight excluding hydrogens is 402 g/mol. The summed E-state index contributed by atoms with van der Waals surface area (Å²) < 4.78 is 5.48. The molecule has 4 heteroatoms. The Morgan fingerprint density at radius 1 is 1.13 bits per heavy atom. The van der Waals surface area contributed by atoms with Gasteiger partial charge in [-0.3, -0.25) is 0 Å². The van der Waals surface area contributed by atoms with Gasteiger partial charge in [0, 0.05) is 0 Å². The van der Waals surface area contributed by atoms with Gasteiger partial charge < -0.3 is 15.3 Å². The SMILES string of the molecule is C[C@]12CC(CSCCCN)C(O)CC1CC[C@@H]1[C@H]2CC[C@]2(C)C(c3ccoc3)CC[C@@H]12. The summed E-state index contributed by atoms with van der Waals surface area (Å²) in [7, 11) is 0. The molecule has 3 nitrogen and oxygen atoms in total.